The third kappa shape index (κ3) is 1.28. The SMILES string of the molecule is Cn1nc2c(c1N=C=O)COCC2. The van der Waals surface area contributed by atoms with Crippen molar-refractivity contribution in [3.8, 4) is 0 Å². The number of isocyanates is 1. The molecule has 1 aliphatic rings. The van der Waals surface area contributed by atoms with E-state index in [2.05, 4.69) is 10.1 Å². The predicted molar refractivity (Wildman–Crippen MR) is 44.3 cm³/mol. The van der Waals surface area contributed by atoms with Gasteiger partial charge in [-0.25, -0.2) is 9.48 Å². The highest BCUT2D eigenvalue weighted by Crippen LogP contribution is 2.25. The van der Waals surface area contributed by atoms with Crippen molar-refractivity contribution in [3.05, 3.63) is 11.3 Å². The van der Waals surface area contributed by atoms with E-state index in [0.717, 1.165) is 17.7 Å². The Morgan fingerprint density at radius 1 is 1.69 bits per heavy atom. The Morgan fingerprint density at radius 3 is 3.31 bits per heavy atom. The van der Waals surface area contributed by atoms with Crippen LogP contribution in [0.3, 0.4) is 0 Å². The van der Waals surface area contributed by atoms with Crippen molar-refractivity contribution in [2.45, 2.75) is 13.0 Å². The fraction of sp³-hybridized carbons (Fsp3) is 0.500. The van der Waals surface area contributed by atoms with E-state index in [-0.39, 0.29) is 0 Å². The molecule has 1 aliphatic heterocycles. The summed E-state index contributed by atoms with van der Waals surface area (Å²) in [5.41, 5.74) is 1.89. The summed E-state index contributed by atoms with van der Waals surface area (Å²) in [6.07, 6.45) is 2.31. The first-order valence-corrected chi connectivity index (χ1v) is 4.03. The Bertz CT molecular complexity index is 377. The number of hydrogen-bond acceptors (Lipinski definition) is 4. The zero-order valence-corrected chi connectivity index (χ0v) is 7.28. The molecule has 0 unspecified atom stereocenters. The Hall–Kier alpha value is -1.45. The first kappa shape index (κ1) is 8.16. The third-order valence-corrected chi connectivity index (χ3v) is 2.08. The fourth-order valence-electron chi connectivity index (χ4n) is 1.49. The predicted octanol–water partition coefficient (Wildman–Crippen LogP) is 0.460. The Balaban J connectivity index is 2.54. The first-order chi connectivity index (χ1) is 6.33. The van der Waals surface area contributed by atoms with Crippen LogP contribution in [0.5, 0.6) is 0 Å². The Morgan fingerprint density at radius 2 is 2.54 bits per heavy atom. The van der Waals surface area contributed by atoms with Gasteiger partial charge in [-0.1, -0.05) is 0 Å². The molecule has 0 saturated heterocycles. The monoisotopic (exact) mass is 179 g/mol. The maximum atomic E-state index is 10.1. The Labute approximate surface area is 75.0 Å². The summed E-state index contributed by atoms with van der Waals surface area (Å²) in [6.45, 7) is 1.18. The van der Waals surface area contributed by atoms with E-state index in [1.165, 1.54) is 6.08 Å². The van der Waals surface area contributed by atoms with E-state index in [4.69, 9.17) is 4.74 Å². The Kier molecular flexibility index (Phi) is 1.96. The number of fused-ring (bicyclic) bond motifs is 1. The van der Waals surface area contributed by atoms with Crippen molar-refractivity contribution in [2.24, 2.45) is 12.0 Å². The number of rotatable bonds is 1. The van der Waals surface area contributed by atoms with Gasteiger partial charge in [0.2, 0.25) is 6.08 Å². The largest absolute Gasteiger partial charge is 0.376 e. The summed E-state index contributed by atoms with van der Waals surface area (Å²) in [7, 11) is 1.76. The summed E-state index contributed by atoms with van der Waals surface area (Å²) in [5.74, 6) is 0.560. The number of nitrogens with zero attached hydrogens (tertiary/aromatic N) is 3. The van der Waals surface area contributed by atoms with Gasteiger partial charge in [0.25, 0.3) is 0 Å². The van der Waals surface area contributed by atoms with Crippen LogP contribution in [-0.2, 0) is 29.6 Å². The van der Waals surface area contributed by atoms with E-state index in [9.17, 15) is 4.79 Å². The van der Waals surface area contributed by atoms with Gasteiger partial charge in [-0.05, 0) is 0 Å². The molecule has 2 heterocycles. The minimum Gasteiger partial charge on any atom is -0.376 e. The van der Waals surface area contributed by atoms with Crippen LogP contribution in [0.15, 0.2) is 4.99 Å². The molecule has 2 rings (SSSR count). The molecule has 0 atom stereocenters. The minimum atomic E-state index is 0.490. The van der Waals surface area contributed by atoms with Crippen molar-refractivity contribution in [1.29, 1.82) is 0 Å². The van der Waals surface area contributed by atoms with Crippen molar-refractivity contribution in [3.63, 3.8) is 0 Å². The molecule has 0 bridgehead atoms. The first-order valence-electron chi connectivity index (χ1n) is 4.03. The van der Waals surface area contributed by atoms with E-state index in [0.29, 0.717) is 19.0 Å². The molecule has 0 fully saturated rings. The van der Waals surface area contributed by atoms with Gasteiger partial charge in [-0.2, -0.15) is 5.10 Å². The van der Waals surface area contributed by atoms with Crippen LogP contribution in [0, 0.1) is 0 Å². The molecule has 1 aromatic rings. The highest BCUT2D eigenvalue weighted by atomic mass is 16.5. The van der Waals surface area contributed by atoms with Crippen molar-refractivity contribution >= 4 is 11.9 Å². The van der Waals surface area contributed by atoms with Crippen LogP contribution in [0.2, 0.25) is 0 Å². The normalized spacial score (nSPS) is 14.8. The van der Waals surface area contributed by atoms with E-state index >= 15 is 0 Å². The molecule has 5 nitrogen and oxygen atoms in total. The van der Waals surface area contributed by atoms with Gasteiger partial charge in [0.15, 0.2) is 5.82 Å². The van der Waals surface area contributed by atoms with Gasteiger partial charge in [0.1, 0.15) is 0 Å². The van der Waals surface area contributed by atoms with Crippen LogP contribution in [0.4, 0.5) is 5.82 Å². The summed E-state index contributed by atoms with van der Waals surface area (Å²) in [5, 5.41) is 4.23. The van der Waals surface area contributed by atoms with Gasteiger partial charge in [0.05, 0.1) is 18.9 Å². The van der Waals surface area contributed by atoms with E-state index in [1.54, 1.807) is 11.7 Å². The van der Waals surface area contributed by atoms with Crippen LogP contribution >= 0.6 is 0 Å². The summed E-state index contributed by atoms with van der Waals surface area (Å²) < 4.78 is 6.84. The van der Waals surface area contributed by atoms with Gasteiger partial charge in [-0.15, -0.1) is 4.99 Å². The zero-order valence-electron chi connectivity index (χ0n) is 7.28. The lowest BCUT2D eigenvalue weighted by atomic mass is 10.1. The molecule has 0 amide bonds. The van der Waals surface area contributed by atoms with E-state index < -0.39 is 0 Å². The lowest BCUT2D eigenvalue weighted by Crippen LogP contribution is -2.08. The molecule has 0 aromatic carbocycles. The molecule has 1 aromatic heterocycles. The second-order valence-corrected chi connectivity index (χ2v) is 2.88. The average Bonchev–Trinajstić information content (AvgIpc) is 2.44. The van der Waals surface area contributed by atoms with Gasteiger partial charge in [-0.3, -0.25) is 0 Å². The second kappa shape index (κ2) is 3.12. The topological polar surface area (TPSA) is 56.5 Å². The summed E-state index contributed by atoms with van der Waals surface area (Å²) in [4.78, 5) is 13.7. The molecule has 0 N–H and O–H groups in total. The number of carbonyl (C=O) groups excluding carboxylic acids is 1. The standard InChI is InChI=1S/C8H9N3O2/c1-11-8(9-5-12)6-4-13-3-2-7(6)10-11/h2-4H2,1H3. The van der Waals surface area contributed by atoms with Crippen LogP contribution in [0.25, 0.3) is 0 Å². The summed E-state index contributed by atoms with van der Waals surface area (Å²) in [6, 6.07) is 0. The van der Waals surface area contributed by atoms with Crippen LogP contribution in [-0.4, -0.2) is 22.5 Å². The van der Waals surface area contributed by atoms with Gasteiger partial charge < -0.3 is 4.74 Å². The lowest BCUT2D eigenvalue weighted by Gasteiger charge is -2.09. The molecule has 0 radical (unpaired) electrons. The molecule has 0 saturated carbocycles. The molecule has 0 aliphatic carbocycles. The fourth-order valence-corrected chi connectivity index (χ4v) is 1.49. The van der Waals surface area contributed by atoms with Crippen molar-refractivity contribution in [1.82, 2.24) is 9.78 Å². The quantitative estimate of drug-likeness (QED) is 0.465. The van der Waals surface area contributed by atoms with E-state index in [1.807, 2.05) is 0 Å². The smallest absolute Gasteiger partial charge is 0.242 e. The number of ether oxygens (including phenoxy) is 1. The average molecular weight is 179 g/mol. The highest BCUT2D eigenvalue weighted by Gasteiger charge is 2.19. The molecule has 13 heavy (non-hydrogen) atoms. The number of hydrogen-bond donors (Lipinski definition) is 0. The second-order valence-electron chi connectivity index (χ2n) is 2.88. The van der Waals surface area contributed by atoms with Crippen LogP contribution < -0.4 is 0 Å². The molecular formula is C8H9N3O2. The minimum absolute atomic E-state index is 0.490. The van der Waals surface area contributed by atoms with Crippen molar-refractivity contribution < 1.29 is 9.53 Å². The summed E-state index contributed by atoms with van der Waals surface area (Å²) >= 11 is 0. The maximum Gasteiger partial charge on any atom is 0.242 e. The van der Waals surface area contributed by atoms with Crippen LogP contribution in [0.1, 0.15) is 11.3 Å². The zero-order chi connectivity index (χ0) is 9.26. The molecule has 5 heteroatoms. The lowest BCUT2D eigenvalue weighted by molar-refractivity contribution is 0.110. The van der Waals surface area contributed by atoms with Gasteiger partial charge in [0, 0.05) is 19.0 Å². The number of aryl methyl sites for hydroxylation is 1. The number of aliphatic imine (C=N–C) groups is 1. The number of aromatic nitrogens is 2. The van der Waals surface area contributed by atoms with Crippen molar-refractivity contribution in [2.75, 3.05) is 6.61 Å². The molecular weight excluding hydrogens is 170 g/mol. The maximum absolute atomic E-state index is 10.1. The third-order valence-electron chi connectivity index (χ3n) is 2.08. The molecule has 68 valence electrons. The van der Waals surface area contributed by atoms with Gasteiger partial charge >= 0.3 is 0 Å². The molecule has 0 spiro atoms. The highest BCUT2D eigenvalue weighted by molar-refractivity contribution is 5.51.